The second-order valence-electron chi connectivity index (χ2n) is 5.45. The first-order chi connectivity index (χ1) is 9.54. The number of hydrogen-bond acceptors (Lipinski definition) is 3. The molecule has 0 saturated carbocycles. The van der Waals surface area contributed by atoms with E-state index < -0.39 is 6.04 Å². The van der Waals surface area contributed by atoms with Gasteiger partial charge in [-0.15, -0.1) is 0 Å². The molecular formula is C15H22N2O2S. The molecule has 3 atom stereocenters. The van der Waals surface area contributed by atoms with Gasteiger partial charge in [0, 0.05) is 13.0 Å². The molecule has 1 saturated heterocycles. The van der Waals surface area contributed by atoms with Gasteiger partial charge in [0.2, 0.25) is 11.8 Å². The summed E-state index contributed by atoms with van der Waals surface area (Å²) in [5, 5.41) is 6.97. The number of hydrogen-bond donors (Lipinski definition) is 1. The Morgan fingerprint density at radius 3 is 2.80 bits per heavy atom. The molecule has 1 fully saturated rings. The molecule has 20 heavy (non-hydrogen) atoms. The number of amides is 2. The standard InChI is InChI=1S/C15H22N2O2S/c1-4-10(2)14-15(19)17(7-5-13(18)16-14)11(3)12-6-8-20-9-12/h6,8-11,14H,4-5,7H2,1-3H3,(H,16,18). The maximum atomic E-state index is 12.7. The Kier molecular flexibility index (Phi) is 4.81. The van der Waals surface area contributed by atoms with Crippen LogP contribution in [0.2, 0.25) is 0 Å². The highest BCUT2D eigenvalue weighted by Crippen LogP contribution is 2.26. The average molecular weight is 294 g/mol. The second kappa shape index (κ2) is 6.39. The normalized spacial score (nSPS) is 23.1. The highest BCUT2D eigenvalue weighted by atomic mass is 32.1. The maximum absolute atomic E-state index is 12.7. The van der Waals surface area contributed by atoms with Crippen molar-refractivity contribution in [2.24, 2.45) is 5.92 Å². The van der Waals surface area contributed by atoms with Crippen molar-refractivity contribution >= 4 is 23.2 Å². The van der Waals surface area contributed by atoms with Gasteiger partial charge in [0.05, 0.1) is 6.04 Å². The predicted octanol–water partition coefficient (Wildman–Crippen LogP) is 2.57. The van der Waals surface area contributed by atoms with Gasteiger partial charge in [-0.3, -0.25) is 9.59 Å². The summed E-state index contributed by atoms with van der Waals surface area (Å²) in [4.78, 5) is 26.4. The lowest BCUT2D eigenvalue weighted by Crippen LogP contribution is -2.48. The van der Waals surface area contributed by atoms with Gasteiger partial charge in [-0.25, -0.2) is 0 Å². The fraction of sp³-hybridized carbons (Fsp3) is 0.600. The van der Waals surface area contributed by atoms with Crippen molar-refractivity contribution in [3.05, 3.63) is 22.4 Å². The molecule has 0 aromatic carbocycles. The van der Waals surface area contributed by atoms with E-state index in [0.29, 0.717) is 13.0 Å². The van der Waals surface area contributed by atoms with E-state index in [9.17, 15) is 9.59 Å². The lowest BCUT2D eigenvalue weighted by molar-refractivity contribution is -0.136. The lowest BCUT2D eigenvalue weighted by Gasteiger charge is -2.31. The van der Waals surface area contributed by atoms with Crippen LogP contribution in [0.15, 0.2) is 16.8 Å². The smallest absolute Gasteiger partial charge is 0.245 e. The van der Waals surface area contributed by atoms with Crippen LogP contribution in [0.5, 0.6) is 0 Å². The first-order valence-corrected chi connectivity index (χ1v) is 8.10. The molecule has 0 spiro atoms. The summed E-state index contributed by atoms with van der Waals surface area (Å²) in [6.07, 6.45) is 1.25. The molecular weight excluding hydrogens is 272 g/mol. The molecule has 0 bridgehead atoms. The third-order valence-corrected chi connectivity index (χ3v) is 4.85. The van der Waals surface area contributed by atoms with Crippen molar-refractivity contribution in [2.45, 2.75) is 45.7 Å². The molecule has 0 radical (unpaired) electrons. The van der Waals surface area contributed by atoms with Crippen LogP contribution in [-0.4, -0.2) is 29.3 Å². The van der Waals surface area contributed by atoms with Gasteiger partial charge < -0.3 is 10.2 Å². The number of nitrogens with zero attached hydrogens (tertiary/aromatic N) is 1. The molecule has 1 aromatic heterocycles. The Hall–Kier alpha value is -1.36. The second-order valence-corrected chi connectivity index (χ2v) is 6.23. The molecule has 2 heterocycles. The van der Waals surface area contributed by atoms with E-state index in [4.69, 9.17) is 0 Å². The highest BCUT2D eigenvalue weighted by molar-refractivity contribution is 7.07. The van der Waals surface area contributed by atoms with E-state index in [2.05, 4.69) is 10.7 Å². The molecule has 2 amide bonds. The topological polar surface area (TPSA) is 49.4 Å². The molecule has 2 rings (SSSR count). The minimum absolute atomic E-state index is 0.0213. The molecule has 110 valence electrons. The Labute approximate surface area is 124 Å². The summed E-state index contributed by atoms with van der Waals surface area (Å²) < 4.78 is 0. The van der Waals surface area contributed by atoms with E-state index in [-0.39, 0.29) is 23.8 Å². The third-order valence-electron chi connectivity index (χ3n) is 4.15. The number of thiophene rings is 1. The Bertz CT molecular complexity index is 472. The van der Waals surface area contributed by atoms with Crippen molar-refractivity contribution in [3.63, 3.8) is 0 Å². The van der Waals surface area contributed by atoms with Gasteiger partial charge in [0.25, 0.3) is 0 Å². The van der Waals surface area contributed by atoms with Crippen molar-refractivity contribution in [1.82, 2.24) is 10.2 Å². The van der Waals surface area contributed by atoms with E-state index in [0.717, 1.165) is 12.0 Å². The van der Waals surface area contributed by atoms with Crippen molar-refractivity contribution in [1.29, 1.82) is 0 Å². The first-order valence-electron chi connectivity index (χ1n) is 7.16. The van der Waals surface area contributed by atoms with Crippen LogP contribution in [0.3, 0.4) is 0 Å². The van der Waals surface area contributed by atoms with Crippen molar-refractivity contribution in [3.8, 4) is 0 Å². The van der Waals surface area contributed by atoms with Crippen LogP contribution >= 0.6 is 11.3 Å². The summed E-state index contributed by atoms with van der Waals surface area (Å²) in [5.41, 5.74) is 1.14. The molecule has 1 aliphatic heterocycles. The Morgan fingerprint density at radius 2 is 2.20 bits per heavy atom. The molecule has 1 N–H and O–H groups in total. The third kappa shape index (κ3) is 3.03. The molecule has 3 unspecified atom stereocenters. The fourth-order valence-electron chi connectivity index (χ4n) is 2.52. The van der Waals surface area contributed by atoms with E-state index in [1.807, 2.05) is 37.1 Å². The lowest BCUT2D eigenvalue weighted by atomic mass is 9.97. The van der Waals surface area contributed by atoms with E-state index in [1.54, 1.807) is 11.3 Å². The van der Waals surface area contributed by atoms with Crippen LogP contribution in [0, 0.1) is 5.92 Å². The number of carbonyl (C=O) groups excluding carboxylic acids is 2. The maximum Gasteiger partial charge on any atom is 0.245 e. The summed E-state index contributed by atoms with van der Waals surface area (Å²) >= 11 is 1.63. The molecule has 5 heteroatoms. The van der Waals surface area contributed by atoms with Crippen LogP contribution in [0.25, 0.3) is 0 Å². The fourth-order valence-corrected chi connectivity index (χ4v) is 3.26. The Morgan fingerprint density at radius 1 is 1.45 bits per heavy atom. The summed E-state index contributed by atoms with van der Waals surface area (Å²) in [5.74, 6) is 0.175. The van der Waals surface area contributed by atoms with Crippen molar-refractivity contribution in [2.75, 3.05) is 6.54 Å². The zero-order valence-electron chi connectivity index (χ0n) is 12.3. The van der Waals surface area contributed by atoms with Gasteiger partial charge >= 0.3 is 0 Å². The average Bonchev–Trinajstić information content (AvgIpc) is 2.93. The summed E-state index contributed by atoms with van der Waals surface area (Å²) in [6.45, 7) is 6.58. The minimum atomic E-state index is -0.393. The summed E-state index contributed by atoms with van der Waals surface area (Å²) in [7, 11) is 0. The number of rotatable bonds is 4. The first kappa shape index (κ1) is 15.0. The molecule has 1 aliphatic rings. The summed E-state index contributed by atoms with van der Waals surface area (Å²) in [6, 6.07) is 1.67. The van der Waals surface area contributed by atoms with Crippen LogP contribution in [-0.2, 0) is 9.59 Å². The highest BCUT2D eigenvalue weighted by Gasteiger charge is 2.35. The van der Waals surface area contributed by atoms with Crippen LogP contribution in [0.4, 0.5) is 0 Å². The zero-order chi connectivity index (χ0) is 14.7. The molecule has 1 aromatic rings. The van der Waals surface area contributed by atoms with Gasteiger partial charge in [0.1, 0.15) is 6.04 Å². The van der Waals surface area contributed by atoms with E-state index >= 15 is 0 Å². The zero-order valence-corrected chi connectivity index (χ0v) is 13.1. The van der Waals surface area contributed by atoms with Gasteiger partial charge in [-0.2, -0.15) is 11.3 Å². The van der Waals surface area contributed by atoms with Crippen LogP contribution < -0.4 is 5.32 Å². The Balaban J connectivity index is 2.23. The van der Waals surface area contributed by atoms with Crippen LogP contribution in [0.1, 0.15) is 45.2 Å². The predicted molar refractivity (Wildman–Crippen MR) is 80.4 cm³/mol. The largest absolute Gasteiger partial charge is 0.344 e. The number of carbonyl (C=O) groups is 2. The van der Waals surface area contributed by atoms with E-state index in [1.165, 1.54) is 0 Å². The monoisotopic (exact) mass is 294 g/mol. The minimum Gasteiger partial charge on any atom is -0.344 e. The number of nitrogens with one attached hydrogen (secondary N) is 1. The van der Waals surface area contributed by atoms with Crippen molar-refractivity contribution < 1.29 is 9.59 Å². The SMILES string of the molecule is CCC(C)C1NC(=O)CCN(C(C)c2ccsc2)C1=O. The quantitative estimate of drug-likeness (QED) is 0.928. The molecule has 0 aliphatic carbocycles. The van der Waals surface area contributed by atoms with Gasteiger partial charge in [-0.1, -0.05) is 20.3 Å². The van der Waals surface area contributed by atoms with Gasteiger partial charge in [0.15, 0.2) is 0 Å². The molecule has 4 nitrogen and oxygen atoms in total. The van der Waals surface area contributed by atoms with Gasteiger partial charge in [-0.05, 0) is 35.2 Å².